The van der Waals surface area contributed by atoms with Crippen LogP contribution in [0.25, 0.3) is 33.5 Å². The monoisotopic (exact) mass is 1140 g/mol. The smallest absolute Gasteiger partial charge is 0.165 e. The van der Waals surface area contributed by atoms with E-state index in [4.69, 9.17) is 30.3 Å². The number of aromatic nitrogens is 8. The van der Waals surface area contributed by atoms with Crippen LogP contribution in [-0.2, 0) is 20.7 Å². The minimum absolute atomic E-state index is 0.423. The van der Waals surface area contributed by atoms with E-state index in [1.54, 1.807) is 44.6 Å². The largest absolute Gasteiger partial charge is 0.384 e. The zero-order chi connectivity index (χ0) is 52.0. The summed E-state index contributed by atoms with van der Waals surface area (Å²) in [6.45, 7) is 23.7. The van der Waals surface area contributed by atoms with Gasteiger partial charge in [-0.2, -0.15) is 19.2 Å². The van der Waals surface area contributed by atoms with Gasteiger partial charge in [-0.1, -0.05) is 64.3 Å². The van der Waals surface area contributed by atoms with E-state index in [1.165, 1.54) is 44.9 Å². The van der Waals surface area contributed by atoms with E-state index in [1.807, 2.05) is 41.2 Å². The van der Waals surface area contributed by atoms with E-state index >= 15 is 0 Å². The number of hydrogen-bond donors (Lipinski definition) is 4. The molecule has 4 fully saturated rings. The van der Waals surface area contributed by atoms with E-state index in [0.717, 1.165) is 104 Å². The number of anilines is 2. The Morgan fingerprint density at radius 3 is 1.67 bits per heavy atom. The zero-order valence-electron chi connectivity index (χ0n) is 45.0. The fourth-order valence-electron chi connectivity index (χ4n) is 11.2. The molecule has 10 rings (SSSR count). The molecule has 4 unspecified atom stereocenters. The summed E-state index contributed by atoms with van der Waals surface area (Å²) in [5.74, 6) is 4.11. The Bertz CT molecular complexity index is 2800. The first-order valence-electron chi connectivity index (χ1n) is 26.7. The molecule has 6 aromatic rings. The Morgan fingerprint density at radius 2 is 1.19 bits per heavy atom. The van der Waals surface area contributed by atoms with Gasteiger partial charge < -0.3 is 35.6 Å². The van der Waals surface area contributed by atoms with E-state index in [0.29, 0.717) is 54.6 Å². The Kier molecular flexibility index (Phi) is 16.0. The number of nitrogen functional groups attached to an aromatic ring is 1. The van der Waals surface area contributed by atoms with Gasteiger partial charge in [0.25, 0.3) is 0 Å². The van der Waals surface area contributed by atoms with Crippen molar-refractivity contribution in [3.8, 4) is 22.3 Å². The van der Waals surface area contributed by atoms with Gasteiger partial charge in [-0.25, -0.2) is 9.97 Å². The number of nitrogens with two attached hydrogens (primary N) is 1. The third kappa shape index (κ3) is 12.9. The van der Waals surface area contributed by atoms with E-state index in [9.17, 15) is 10.2 Å². The second-order valence-corrected chi connectivity index (χ2v) is 37.4. The van der Waals surface area contributed by atoms with Crippen LogP contribution in [0.4, 0.5) is 11.6 Å². The number of pyridine rings is 2. The summed E-state index contributed by atoms with van der Waals surface area (Å²) in [4.78, 5) is 21.6. The van der Waals surface area contributed by atoms with Crippen molar-refractivity contribution in [1.82, 2.24) is 44.5 Å². The first kappa shape index (κ1) is 53.9. The van der Waals surface area contributed by atoms with Crippen LogP contribution in [0.3, 0.4) is 0 Å². The lowest BCUT2D eigenvalue weighted by Gasteiger charge is -2.30. The summed E-state index contributed by atoms with van der Waals surface area (Å²) in [6.07, 6.45) is 18.5. The lowest BCUT2D eigenvalue weighted by molar-refractivity contribution is 0.0733. The Labute approximate surface area is 448 Å². The summed E-state index contributed by atoms with van der Waals surface area (Å²) >= 11 is 2.32. The van der Waals surface area contributed by atoms with Gasteiger partial charge in [-0.05, 0) is 131 Å². The Balaban J connectivity index is 0.000000195. The summed E-state index contributed by atoms with van der Waals surface area (Å²) in [5.41, 5.74) is 13.3. The van der Waals surface area contributed by atoms with Crippen molar-refractivity contribution >= 4 is 61.7 Å². The highest BCUT2D eigenvalue weighted by Crippen LogP contribution is 2.49. The fourth-order valence-corrected chi connectivity index (χ4v) is 13.5. The van der Waals surface area contributed by atoms with Gasteiger partial charge in [0.2, 0.25) is 0 Å². The molecule has 2 saturated heterocycles. The molecule has 73 heavy (non-hydrogen) atoms. The predicted octanol–water partition coefficient (Wildman–Crippen LogP) is 10.9. The number of hydrogen-bond acceptors (Lipinski definition) is 13. The van der Waals surface area contributed by atoms with Crippen LogP contribution in [-0.4, -0.2) is 104 Å². The SMILES string of the molecule is CC(C)(O)c1ccc(-c2cnn3c(N(COCC[Si](C)(C)C)COCC[Si](C)(C)C)cc(C4CC5CC[C@@H](C5)C4)nc23)cn1.CC(C)(O)c1ccc(-c2cnn3c(N)c(I)c(C4CC5CC[C@H](C4)N5)nc23)cn1. The molecule has 18 heteroatoms. The maximum atomic E-state index is 10.5. The first-order valence-corrected chi connectivity index (χ1v) is 35.2. The van der Waals surface area contributed by atoms with E-state index < -0.39 is 27.3 Å². The van der Waals surface area contributed by atoms with E-state index in [-0.39, 0.29) is 0 Å². The number of aliphatic hydroxyl groups is 2. The van der Waals surface area contributed by atoms with Crippen LogP contribution in [0.2, 0.25) is 51.4 Å². The van der Waals surface area contributed by atoms with Crippen LogP contribution in [0.5, 0.6) is 0 Å². The third-order valence-corrected chi connectivity index (χ3v) is 20.0. The van der Waals surface area contributed by atoms with Gasteiger partial charge in [0, 0.05) is 99.7 Å². The van der Waals surface area contributed by atoms with Crippen molar-refractivity contribution in [3.05, 3.63) is 81.5 Å². The van der Waals surface area contributed by atoms with Gasteiger partial charge in [0.05, 0.1) is 33.0 Å². The van der Waals surface area contributed by atoms with Gasteiger partial charge in [0.15, 0.2) is 11.3 Å². The van der Waals surface area contributed by atoms with Crippen molar-refractivity contribution in [2.45, 2.75) is 172 Å². The lowest BCUT2D eigenvalue weighted by Crippen LogP contribution is -2.37. The molecule has 0 amide bonds. The highest BCUT2D eigenvalue weighted by atomic mass is 127. The molecule has 2 aliphatic heterocycles. The summed E-state index contributed by atoms with van der Waals surface area (Å²) in [5, 5.41) is 33.7. The number of ether oxygens (including phenoxy) is 2. The molecule has 6 atom stereocenters. The molecule has 4 bridgehead atoms. The van der Waals surface area contributed by atoms with Crippen molar-refractivity contribution < 1.29 is 19.7 Å². The summed E-state index contributed by atoms with van der Waals surface area (Å²) in [6, 6.07) is 13.4. The Morgan fingerprint density at radius 1 is 0.685 bits per heavy atom. The van der Waals surface area contributed by atoms with Crippen LogP contribution in [0.1, 0.15) is 120 Å². The highest BCUT2D eigenvalue weighted by Gasteiger charge is 2.38. The van der Waals surface area contributed by atoms with Gasteiger partial charge in [-0.15, -0.1) is 0 Å². The number of fused-ring (bicyclic) bond motifs is 6. The predicted molar refractivity (Wildman–Crippen MR) is 305 cm³/mol. The number of nitrogens with one attached hydrogen (secondary N) is 1. The zero-order valence-corrected chi connectivity index (χ0v) is 49.1. The average Bonchev–Trinajstić information content (AvgIpc) is 4.13. The number of halogens is 1. The molecule has 0 spiro atoms. The summed E-state index contributed by atoms with van der Waals surface area (Å²) in [7, 11) is -2.43. The molecule has 15 nitrogen and oxygen atoms in total. The minimum atomic E-state index is -1.21. The number of nitrogens with zero attached hydrogens (tertiary/aromatic N) is 9. The molecule has 0 aromatic carbocycles. The van der Waals surface area contributed by atoms with Crippen LogP contribution in [0, 0.1) is 15.4 Å². The van der Waals surface area contributed by atoms with Gasteiger partial charge in [0.1, 0.15) is 36.3 Å². The normalized spacial score (nSPS) is 22.3. The maximum absolute atomic E-state index is 10.5. The summed E-state index contributed by atoms with van der Waals surface area (Å²) < 4.78 is 17.4. The van der Waals surface area contributed by atoms with Crippen LogP contribution < -0.4 is 16.0 Å². The Hall–Kier alpha value is -3.90. The van der Waals surface area contributed by atoms with Gasteiger partial charge >= 0.3 is 0 Å². The minimum Gasteiger partial charge on any atom is -0.384 e. The molecule has 394 valence electrons. The lowest BCUT2D eigenvalue weighted by atomic mass is 9.79. The van der Waals surface area contributed by atoms with Crippen molar-refractivity contribution in [2.24, 2.45) is 11.8 Å². The third-order valence-electron chi connectivity index (χ3n) is 15.5. The van der Waals surface area contributed by atoms with Gasteiger partial charge in [-0.3, -0.25) is 9.97 Å². The molecule has 5 N–H and O–H groups in total. The molecule has 8 heterocycles. The molecular formula is C55H80IN11O4Si2. The first-order chi connectivity index (χ1) is 34.5. The van der Waals surface area contributed by atoms with Crippen molar-refractivity contribution in [1.29, 1.82) is 0 Å². The topological polar surface area (TPSA) is 186 Å². The second-order valence-electron chi connectivity index (χ2n) is 25.1. The second kappa shape index (κ2) is 21.6. The standard InChI is InChI=1S/C34H55N5O3Si2.C21H25IN6O/c1-34(2,40)31-12-11-27(21-35-31)29-22-36-39-32(20-30(37-33(29)39)28-18-25-9-10-26(17-25)19-28)38(23-41-13-15-43(3,4)5)24-42-14-16-44(6,7)8;1-21(2,29)16-6-3-11(9-24-16)15-10-25-28-19(23)17(22)18(27-20(15)28)12-7-13-4-5-14(8-12)26-13/h11-12,20-22,25-26,28,40H,9-10,13-19,23-24H2,1-8H3;3,6,9-10,12-14,26,29H,4-5,7-8,23H2,1-2H3/t25-,26?,28?;12?,13-,14?/m01/s1. The number of rotatable bonds is 17. The van der Waals surface area contributed by atoms with Crippen molar-refractivity contribution in [3.63, 3.8) is 0 Å². The maximum Gasteiger partial charge on any atom is 0.165 e. The average molecular weight is 1140 g/mol. The molecular weight excluding hydrogens is 1060 g/mol. The molecule has 4 aliphatic rings. The van der Waals surface area contributed by atoms with E-state index in [2.05, 4.69) is 93.2 Å². The molecule has 2 saturated carbocycles. The molecule has 6 aromatic heterocycles. The molecule has 2 aliphatic carbocycles. The van der Waals surface area contributed by atoms with Crippen molar-refractivity contribution in [2.75, 3.05) is 37.3 Å². The highest BCUT2D eigenvalue weighted by molar-refractivity contribution is 14.1. The quantitative estimate of drug-likeness (QED) is 0.0293. The number of piperidine rings is 1. The van der Waals surface area contributed by atoms with Crippen LogP contribution >= 0.6 is 22.6 Å². The van der Waals surface area contributed by atoms with Crippen LogP contribution in [0.15, 0.2) is 55.1 Å². The molecule has 0 radical (unpaired) electrons. The fraction of sp³-hybridized carbons (Fsp3) is 0.600.